The number of rotatable bonds is 3. The molecule has 134 valence electrons. The molecule has 0 unspecified atom stereocenters. The van der Waals surface area contributed by atoms with Crippen molar-refractivity contribution < 1.29 is 9.59 Å². The fraction of sp³-hybridized carbons (Fsp3) is 0.136. The van der Waals surface area contributed by atoms with Gasteiger partial charge in [-0.25, -0.2) is 0 Å². The summed E-state index contributed by atoms with van der Waals surface area (Å²) in [6.07, 6.45) is 5.02. The number of fused-ring (bicyclic) bond motifs is 1. The van der Waals surface area contributed by atoms with Gasteiger partial charge in [0.15, 0.2) is 0 Å². The average molecular weight is 357 g/mol. The van der Waals surface area contributed by atoms with E-state index in [4.69, 9.17) is 0 Å². The molecule has 5 heteroatoms. The van der Waals surface area contributed by atoms with Crippen molar-refractivity contribution in [1.29, 1.82) is 0 Å². The lowest BCUT2D eigenvalue weighted by atomic mass is 10.00. The number of aryl methyl sites for hydroxylation is 1. The van der Waals surface area contributed by atoms with E-state index in [9.17, 15) is 9.59 Å². The van der Waals surface area contributed by atoms with E-state index in [-0.39, 0.29) is 11.8 Å². The quantitative estimate of drug-likeness (QED) is 0.773. The smallest absolute Gasteiger partial charge is 0.258 e. The Morgan fingerprint density at radius 2 is 1.70 bits per heavy atom. The Balaban J connectivity index is 1.61. The van der Waals surface area contributed by atoms with Crippen LogP contribution in [0.2, 0.25) is 0 Å². The van der Waals surface area contributed by atoms with Gasteiger partial charge >= 0.3 is 0 Å². The fourth-order valence-electron chi connectivity index (χ4n) is 3.31. The van der Waals surface area contributed by atoms with Crippen molar-refractivity contribution in [1.82, 2.24) is 4.98 Å². The number of pyridine rings is 1. The van der Waals surface area contributed by atoms with E-state index in [2.05, 4.69) is 10.3 Å². The molecule has 0 atom stereocenters. The molecular weight excluding hydrogens is 338 g/mol. The Morgan fingerprint density at radius 3 is 2.48 bits per heavy atom. The molecule has 1 aromatic heterocycles. The van der Waals surface area contributed by atoms with Crippen molar-refractivity contribution in [2.45, 2.75) is 12.8 Å². The largest absolute Gasteiger partial charge is 0.322 e. The molecule has 2 aromatic carbocycles. The SMILES string of the molecule is O=C(Nc1ccc2c(c1)N(C(=O)c1ccccc1)CCC2)c1ccncc1. The number of hydrogen-bond acceptors (Lipinski definition) is 3. The molecule has 1 aliphatic heterocycles. The summed E-state index contributed by atoms with van der Waals surface area (Å²) in [6, 6.07) is 18.4. The second-order valence-electron chi connectivity index (χ2n) is 6.46. The Bertz CT molecular complexity index is 971. The third-order valence-electron chi connectivity index (χ3n) is 4.67. The molecule has 0 aliphatic carbocycles. The number of carbonyl (C=O) groups is 2. The van der Waals surface area contributed by atoms with Crippen LogP contribution in [-0.4, -0.2) is 23.3 Å². The van der Waals surface area contributed by atoms with Crippen molar-refractivity contribution in [3.8, 4) is 0 Å². The number of benzene rings is 2. The van der Waals surface area contributed by atoms with Gasteiger partial charge in [0, 0.05) is 41.4 Å². The number of hydrogen-bond donors (Lipinski definition) is 1. The van der Waals surface area contributed by atoms with E-state index in [0.717, 1.165) is 24.1 Å². The van der Waals surface area contributed by atoms with Gasteiger partial charge in [-0.15, -0.1) is 0 Å². The maximum absolute atomic E-state index is 12.9. The molecule has 0 saturated carbocycles. The molecule has 27 heavy (non-hydrogen) atoms. The van der Waals surface area contributed by atoms with Crippen LogP contribution in [0.25, 0.3) is 0 Å². The Hall–Kier alpha value is -3.47. The Labute approximate surface area is 157 Å². The predicted octanol–water partition coefficient (Wildman–Crippen LogP) is 3.93. The molecule has 0 spiro atoms. The second kappa shape index (κ2) is 7.41. The maximum Gasteiger partial charge on any atom is 0.258 e. The molecule has 0 radical (unpaired) electrons. The Kier molecular flexibility index (Phi) is 4.66. The summed E-state index contributed by atoms with van der Waals surface area (Å²) in [5.41, 5.74) is 3.86. The summed E-state index contributed by atoms with van der Waals surface area (Å²) in [6.45, 7) is 0.669. The van der Waals surface area contributed by atoms with Crippen LogP contribution in [0.4, 0.5) is 11.4 Å². The van der Waals surface area contributed by atoms with Crippen LogP contribution in [-0.2, 0) is 6.42 Å². The van der Waals surface area contributed by atoms with E-state index in [1.54, 1.807) is 29.4 Å². The molecular formula is C22H19N3O2. The zero-order valence-electron chi connectivity index (χ0n) is 14.8. The number of aromatic nitrogens is 1. The van der Waals surface area contributed by atoms with Gasteiger partial charge in [0.2, 0.25) is 0 Å². The van der Waals surface area contributed by atoms with Crippen LogP contribution in [0.3, 0.4) is 0 Å². The third kappa shape index (κ3) is 3.58. The topological polar surface area (TPSA) is 62.3 Å². The number of nitrogens with zero attached hydrogens (tertiary/aromatic N) is 2. The third-order valence-corrected chi connectivity index (χ3v) is 4.67. The minimum absolute atomic E-state index is 0.0193. The summed E-state index contributed by atoms with van der Waals surface area (Å²) < 4.78 is 0. The first-order valence-corrected chi connectivity index (χ1v) is 8.93. The first kappa shape index (κ1) is 17.0. The summed E-state index contributed by atoms with van der Waals surface area (Å²) in [5, 5.41) is 2.90. The molecule has 1 aliphatic rings. The molecule has 2 amide bonds. The summed E-state index contributed by atoms with van der Waals surface area (Å²) >= 11 is 0. The summed E-state index contributed by atoms with van der Waals surface area (Å²) in [4.78, 5) is 31.1. The fourth-order valence-corrected chi connectivity index (χ4v) is 3.31. The molecule has 4 rings (SSSR count). The van der Waals surface area contributed by atoms with Crippen LogP contribution in [0, 0.1) is 0 Å². The van der Waals surface area contributed by atoms with E-state index < -0.39 is 0 Å². The second-order valence-corrected chi connectivity index (χ2v) is 6.46. The monoisotopic (exact) mass is 357 g/mol. The molecule has 5 nitrogen and oxygen atoms in total. The lowest BCUT2D eigenvalue weighted by Gasteiger charge is -2.30. The van der Waals surface area contributed by atoms with Gasteiger partial charge in [-0.2, -0.15) is 0 Å². The van der Waals surface area contributed by atoms with Gasteiger partial charge in [-0.05, 0) is 54.8 Å². The number of nitrogens with one attached hydrogen (secondary N) is 1. The molecule has 0 bridgehead atoms. The highest BCUT2D eigenvalue weighted by atomic mass is 16.2. The molecule has 0 fully saturated rings. The molecule has 2 heterocycles. The Morgan fingerprint density at radius 1 is 0.926 bits per heavy atom. The molecule has 3 aromatic rings. The zero-order chi connectivity index (χ0) is 18.6. The highest BCUT2D eigenvalue weighted by Crippen LogP contribution is 2.31. The van der Waals surface area contributed by atoms with Gasteiger partial charge in [-0.1, -0.05) is 24.3 Å². The minimum Gasteiger partial charge on any atom is -0.322 e. The van der Waals surface area contributed by atoms with E-state index in [1.165, 1.54) is 0 Å². The van der Waals surface area contributed by atoms with Crippen molar-refractivity contribution in [2.75, 3.05) is 16.8 Å². The van der Waals surface area contributed by atoms with Crippen LogP contribution >= 0.6 is 0 Å². The van der Waals surface area contributed by atoms with Gasteiger partial charge in [-0.3, -0.25) is 14.6 Å². The average Bonchev–Trinajstić information content (AvgIpc) is 2.74. The maximum atomic E-state index is 12.9. The van der Waals surface area contributed by atoms with Crippen LogP contribution in [0.15, 0.2) is 73.1 Å². The van der Waals surface area contributed by atoms with Crippen molar-refractivity contribution >= 4 is 23.2 Å². The van der Waals surface area contributed by atoms with Crippen LogP contribution in [0.5, 0.6) is 0 Å². The lowest BCUT2D eigenvalue weighted by molar-refractivity contribution is 0.0984. The standard InChI is InChI=1S/C22H19N3O2/c26-21(17-10-12-23-13-11-17)24-19-9-8-16-7-4-14-25(20(16)15-19)22(27)18-5-2-1-3-6-18/h1-3,5-6,8-13,15H,4,7,14H2,(H,24,26). The first-order chi connectivity index (χ1) is 13.2. The number of amides is 2. The highest BCUT2D eigenvalue weighted by molar-refractivity contribution is 6.08. The van der Waals surface area contributed by atoms with Crippen molar-refractivity contribution in [2.24, 2.45) is 0 Å². The van der Waals surface area contributed by atoms with Crippen LogP contribution in [0.1, 0.15) is 32.7 Å². The normalized spacial score (nSPS) is 13.0. The van der Waals surface area contributed by atoms with Gasteiger partial charge in [0.1, 0.15) is 0 Å². The molecule has 0 saturated heterocycles. The van der Waals surface area contributed by atoms with Gasteiger partial charge < -0.3 is 10.2 Å². The number of carbonyl (C=O) groups excluding carboxylic acids is 2. The van der Waals surface area contributed by atoms with Gasteiger partial charge in [0.05, 0.1) is 0 Å². The summed E-state index contributed by atoms with van der Waals surface area (Å²) in [5.74, 6) is -0.219. The van der Waals surface area contributed by atoms with Crippen LogP contribution < -0.4 is 10.2 Å². The minimum atomic E-state index is -0.200. The van der Waals surface area contributed by atoms with E-state index in [1.807, 2.05) is 48.5 Å². The number of anilines is 2. The van der Waals surface area contributed by atoms with Gasteiger partial charge in [0.25, 0.3) is 11.8 Å². The zero-order valence-corrected chi connectivity index (χ0v) is 14.8. The van der Waals surface area contributed by atoms with Crippen molar-refractivity contribution in [3.05, 3.63) is 89.7 Å². The van der Waals surface area contributed by atoms with E-state index in [0.29, 0.717) is 23.4 Å². The highest BCUT2D eigenvalue weighted by Gasteiger charge is 2.24. The van der Waals surface area contributed by atoms with E-state index >= 15 is 0 Å². The van der Waals surface area contributed by atoms with Crippen molar-refractivity contribution in [3.63, 3.8) is 0 Å². The predicted molar refractivity (Wildman–Crippen MR) is 105 cm³/mol. The summed E-state index contributed by atoms with van der Waals surface area (Å²) in [7, 11) is 0. The molecule has 1 N–H and O–H groups in total. The lowest BCUT2D eigenvalue weighted by Crippen LogP contribution is -2.35. The first-order valence-electron chi connectivity index (χ1n) is 8.93.